The normalized spacial score (nSPS) is 14.1. The van der Waals surface area contributed by atoms with E-state index in [1.807, 2.05) is 56.3 Å². The van der Waals surface area contributed by atoms with E-state index in [4.69, 9.17) is 9.47 Å². The molecule has 1 amide bonds. The highest BCUT2D eigenvalue weighted by atomic mass is 16.5. The van der Waals surface area contributed by atoms with Crippen LogP contribution >= 0.6 is 0 Å². The lowest BCUT2D eigenvalue weighted by molar-refractivity contribution is -0.124. The largest absolute Gasteiger partial charge is 0.492 e. The third-order valence-electron chi connectivity index (χ3n) is 4.72. The number of carbonyl (C=O) groups is 1. The smallest absolute Gasteiger partial charge is 0.223 e. The topological polar surface area (TPSA) is 50.8 Å². The summed E-state index contributed by atoms with van der Waals surface area (Å²) in [6, 6.07) is 16.1. The van der Waals surface area contributed by atoms with Crippen molar-refractivity contribution in [2.45, 2.75) is 20.3 Å². The molecule has 0 spiro atoms. The van der Waals surface area contributed by atoms with Crippen molar-refractivity contribution < 1.29 is 14.3 Å². The molecule has 0 fully saturated rings. The van der Waals surface area contributed by atoms with E-state index in [0.717, 1.165) is 42.3 Å². The molecule has 0 aromatic heterocycles. The Bertz CT molecular complexity index is 745. The summed E-state index contributed by atoms with van der Waals surface area (Å²) >= 11 is 0. The van der Waals surface area contributed by atoms with E-state index in [2.05, 4.69) is 16.3 Å². The van der Waals surface area contributed by atoms with E-state index >= 15 is 0 Å². The molecule has 1 unspecified atom stereocenters. The second-order valence-electron chi connectivity index (χ2n) is 6.80. The number of anilines is 1. The van der Waals surface area contributed by atoms with Gasteiger partial charge in [-0.1, -0.05) is 31.2 Å². The number of hydrogen-bond acceptors (Lipinski definition) is 4. The molecule has 0 aliphatic carbocycles. The second kappa shape index (κ2) is 9.31. The molecule has 1 aliphatic heterocycles. The lowest BCUT2D eigenvalue weighted by Gasteiger charge is -2.31. The minimum absolute atomic E-state index is 0.0295. The summed E-state index contributed by atoms with van der Waals surface area (Å²) in [6.07, 6.45) is 0.733. The average molecular weight is 368 g/mol. The Labute approximate surface area is 161 Å². The number of rotatable bonds is 8. The summed E-state index contributed by atoms with van der Waals surface area (Å²) in [5.41, 5.74) is 2.27. The Morgan fingerprint density at radius 2 is 2.00 bits per heavy atom. The zero-order valence-corrected chi connectivity index (χ0v) is 16.1. The number of hydrogen-bond donors (Lipinski definition) is 1. The Balaban J connectivity index is 1.48. The molecule has 1 N–H and O–H groups in total. The highest BCUT2D eigenvalue weighted by molar-refractivity contribution is 5.78. The van der Waals surface area contributed by atoms with Crippen molar-refractivity contribution in [3.63, 3.8) is 0 Å². The van der Waals surface area contributed by atoms with Crippen molar-refractivity contribution in [2.75, 3.05) is 37.7 Å². The first-order valence-electron chi connectivity index (χ1n) is 9.63. The van der Waals surface area contributed by atoms with Gasteiger partial charge in [0.2, 0.25) is 5.91 Å². The van der Waals surface area contributed by atoms with E-state index in [1.165, 1.54) is 0 Å². The molecule has 0 saturated heterocycles. The van der Waals surface area contributed by atoms with Gasteiger partial charge in [0.15, 0.2) is 0 Å². The van der Waals surface area contributed by atoms with Gasteiger partial charge in [-0.15, -0.1) is 0 Å². The van der Waals surface area contributed by atoms with Gasteiger partial charge in [-0.3, -0.25) is 4.79 Å². The van der Waals surface area contributed by atoms with Crippen LogP contribution in [0.5, 0.6) is 11.5 Å². The predicted molar refractivity (Wildman–Crippen MR) is 108 cm³/mol. The number of para-hydroxylation sites is 2. The summed E-state index contributed by atoms with van der Waals surface area (Å²) in [7, 11) is 0. The highest BCUT2D eigenvalue weighted by Gasteiger charge is 2.17. The molecule has 5 nitrogen and oxygen atoms in total. The highest BCUT2D eigenvalue weighted by Crippen LogP contribution is 2.30. The van der Waals surface area contributed by atoms with Gasteiger partial charge in [0.25, 0.3) is 0 Å². The summed E-state index contributed by atoms with van der Waals surface area (Å²) in [6.45, 7) is 7.57. The Morgan fingerprint density at radius 3 is 2.78 bits per heavy atom. The number of nitrogens with one attached hydrogen (secondary N) is 1. The van der Waals surface area contributed by atoms with Crippen LogP contribution in [0, 0.1) is 5.92 Å². The van der Waals surface area contributed by atoms with E-state index < -0.39 is 0 Å². The van der Waals surface area contributed by atoms with Crippen LogP contribution in [0.1, 0.15) is 19.4 Å². The van der Waals surface area contributed by atoms with Crippen molar-refractivity contribution in [1.82, 2.24) is 5.32 Å². The van der Waals surface area contributed by atoms with Crippen LogP contribution in [0.25, 0.3) is 0 Å². The molecule has 2 aromatic rings. The fourth-order valence-corrected chi connectivity index (χ4v) is 3.25. The van der Waals surface area contributed by atoms with Crippen LogP contribution in [-0.2, 0) is 11.2 Å². The van der Waals surface area contributed by atoms with Gasteiger partial charge < -0.3 is 19.7 Å². The Hall–Kier alpha value is -2.69. The average Bonchev–Trinajstić information content (AvgIpc) is 2.69. The SMILES string of the molecule is CCNC(=O)C(C)Cc1ccc(OCCN2CCOc3ccccc32)cc1. The summed E-state index contributed by atoms with van der Waals surface area (Å²) in [5, 5.41) is 2.87. The van der Waals surface area contributed by atoms with E-state index in [9.17, 15) is 4.79 Å². The van der Waals surface area contributed by atoms with Crippen molar-refractivity contribution >= 4 is 11.6 Å². The molecule has 5 heteroatoms. The molecule has 144 valence electrons. The number of amides is 1. The van der Waals surface area contributed by atoms with Crippen molar-refractivity contribution in [2.24, 2.45) is 5.92 Å². The number of carbonyl (C=O) groups excluding carboxylic acids is 1. The van der Waals surface area contributed by atoms with Crippen LogP contribution in [-0.4, -0.2) is 38.8 Å². The van der Waals surface area contributed by atoms with Crippen molar-refractivity contribution in [1.29, 1.82) is 0 Å². The number of nitrogens with zero attached hydrogens (tertiary/aromatic N) is 1. The number of fused-ring (bicyclic) bond motifs is 1. The summed E-state index contributed by atoms with van der Waals surface area (Å²) < 4.78 is 11.6. The van der Waals surface area contributed by atoms with Crippen LogP contribution in [0.15, 0.2) is 48.5 Å². The predicted octanol–water partition coefficient (Wildman–Crippen LogP) is 3.28. The zero-order chi connectivity index (χ0) is 19.1. The van der Waals surface area contributed by atoms with Gasteiger partial charge in [0.1, 0.15) is 24.7 Å². The molecule has 0 saturated carbocycles. The van der Waals surface area contributed by atoms with Crippen molar-refractivity contribution in [3.8, 4) is 11.5 Å². The van der Waals surface area contributed by atoms with Gasteiger partial charge >= 0.3 is 0 Å². The minimum Gasteiger partial charge on any atom is -0.492 e. The summed E-state index contributed by atoms with van der Waals surface area (Å²) in [4.78, 5) is 14.1. The van der Waals surface area contributed by atoms with E-state index in [1.54, 1.807) is 0 Å². The quantitative estimate of drug-likeness (QED) is 0.777. The molecule has 2 aromatic carbocycles. The van der Waals surface area contributed by atoms with Gasteiger partial charge in [-0.25, -0.2) is 0 Å². The lowest BCUT2D eigenvalue weighted by Crippen LogP contribution is -2.35. The third kappa shape index (κ3) is 5.16. The fraction of sp³-hybridized carbons (Fsp3) is 0.409. The molecule has 1 aliphatic rings. The molecular weight excluding hydrogens is 340 g/mol. The molecule has 1 atom stereocenters. The standard InChI is InChI=1S/C22H28N2O3/c1-3-23-22(25)17(2)16-18-8-10-19(11-9-18)26-14-12-24-13-15-27-21-7-5-4-6-20(21)24/h4-11,17H,3,12-16H2,1-2H3,(H,23,25). The van der Waals surface area contributed by atoms with Gasteiger partial charge in [0.05, 0.1) is 18.8 Å². The Kier molecular flexibility index (Phi) is 6.58. The number of ether oxygens (including phenoxy) is 2. The maximum Gasteiger partial charge on any atom is 0.223 e. The maximum absolute atomic E-state index is 11.8. The second-order valence-corrected chi connectivity index (χ2v) is 6.80. The zero-order valence-electron chi connectivity index (χ0n) is 16.1. The van der Waals surface area contributed by atoms with Gasteiger partial charge in [-0.05, 0) is 43.2 Å². The first-order valence-corrected chi connectivity index (χ1v) is 9.63. The summed E-state index contributed by atoms with van der Waals surface area (Å²) in [5.74, 6) is 1.86. The van der Waals surface area contributed by atoms with Crippen LogP contribution < -0.4 is 19.7 Å². The van der Waals surface area contributed by atoms with Crippen LogP contribution in [0.2, 0.25) is 0 Å². The van der Waals surface area contributed by atoms with E-state index in [-0.39, 0.29) is 11.8 Å². The number of benzene rings is 2. The molecule has 3 rings (SSSR count). The monoisotopic (exact) mass is 368 g/mol. The third-order valence-corrected chi connectivity index (χ3v) is 4.72. The first-order chi connectivity index (χ1) is 13.2. The van der Waals surface area contributed by atoms with Gasteiger partial charge in [-0.2, -0.15) is 0 Å². The van der Waals surface area contributed by atoms with E-state index in [0.29, 0.717) is 19.8 Å². The maximum atomic E-state index is 11.8. The van der Waals surface area contributed by atoms with Crippen LogP contribution in [0.4, 0.5) is 5.69 Å². The van der Waals surface area contributed by atoms with Crippen LogP contribution in [0.3, 0.4) is 0 Å². The minimum atomic E-state index is -0.0295. The lowest BCUT2D eigenvalue weighted by atomic mass is 10.0. The molecular formula is C22H28N2O3. The fourth-order valence-electron chi connectivity index (χ4n) is 3.25. The molecule has 1 heterocycles. The molecule has 0 bridgehead atoms. The Morgan fingerprint density at radius 1 is 1.22 bits per heavy atom. The molecule has 27 heavy (non-hydrogen) atoms. The van der Waals surface area contributed by atoms with Crippen molar-refractivity contribution in [3.05, 3.63) is 54.1 Å². The van der Waals surface area contributed by atoms with Gasteiger partial charge in [0, 0.05) is 12.5 Å². The molecule has 0 radical (unpaired) electrons. The first kappa shape index (κ1) is 19.1.